The van der Waals surface area contributed by atoms with E-state index in [1.807, 2.05) is 30.3 Å². The molecule has 1 N–H and O–H groups in total. The smallest absolute Gasteiger partial charge is 0.247 e. The molecule has 6 nitrogen and oxygen atoms in total. The highest BCUT2D eigenvalue weighted by Gasteiger charge is 2.16. The van der Waals surface area contributed by atoms with Crippen molar-refractivity contribution in [3.8, 4) is 11.5 Å². The van der Waals surface area contributed by atoms with Crippen LogP contribution in [-0.2, 0) is 16.0 Å². The van der Waals surface area contributed by atoms with E-state index in [2.05, 4.69) is 15.5 Å². The molecular formula is C17H21N3O3. The molecule has 0 aliphatic carbocycles. The maximum atomic E-state index is 11.8. The maximum absolute atomic E-state index is 11.8. The van der Waals surface area contributed by atoms with E-state index in [1.54, 1.807) is 0 Å². The first-order chi connectivity index (χ1) is 11.3. The first-order valence-electron chi connectivity index (χ1n) is 8.03. The number of benzene rings is 1. The van der Waals surface area contributed by atoms with Gasteiger partial charge in [-0.1, -0.05) is 18.2 Å². The number of nitrogens with zero attached hydrogens (tertiary/aromatic N) is 2. The van der Waals surface area contributed by atoms with Gasteiger partial charge in [0.25, 0.3) is 0 Å². The molecule has 1 saturated heterocycles. The minimum atomic E-state index is 0.0692. The molecule has 1 aliphatic heterocycles. The van der Waals surface area contributed by atoms with Crippen LogP contribution >= 0.6 is 0 Å². The highest BCUT2D eigenvalue weighted by molar-refractivity contribution is 5.75. The van der Waals surface area contributed by atoms with Gasteiger partial charge in [0.15, 0.2) is 0 Å². The number of aryl methyl sites for hydroxylation is 1. The van der Waals surface area contributed by atoms with E-state index >= 15 is 0 Å². The van der Waals surface area contributed by atoms with Crippen molar-refractivity contribution in [1.82, 2.24) is 15.5 Å². The van der Waals surface area contributed by atoms with Crippen LogP contribution in [0.15, 0.2) is 34.7 Å². The number of aromatic nitrogens is 2. The van der Waals surface area contributed by atoms with Gasteiger partial charge in [-0.05, 0) is 25.0 Å². The molecule has 1 fully saturated rings. The quantitative estimate of drug-likeness (QED) is 0.847. The molecular weight excluding hydrogens is 294 g/mol. The van der Waals surface area contributed by atoms with Gasteiger partial charge in [0.2, 0.25) is 17.7 Å². The number of carbonyl (C=O) groups excluding carboxylic acids is 1. The molecule has 2 aromatic rings. The second kappa shape index (κ2) is 7.87. The lowest BCUT2D eigenvalue weighted by Crippen LogP contribution is -2.29. The molecule has 0 spiro atoms. The van der Waals surface area contributed by atoms with Gasteiger partial charge in [0.05, 0.1) is 6.61 Å². The normalized spacial score (nSPS) is 17.3. The summed E-state index contributed by atoms with van der Waals surface area (Å²) in [7, 11) is 0. The summed E-state index contributed by atoms with van der Waals surface area (Å²) in [6, 6.07) is 9.66. The molecule has 1 aromatic heterocycles. The number of rotatable bonds is 7. The van der Waals surface area contributed by atoms with Gasteiger partial charge in [0.1, 0.15) is 0 Å². The summed E-state index contributed by atoms with van der Waals surface area (Å²) < 4.78 is 10.9. The topological polar surface area (TPSA) is 77.2 Å². The molecule has 0 radical (unpaired) electrons. The Labute approximate surface area is 135 Å². The molecule has 1 aliphatic rings. The van der Waals surface area contributed by atoms with Gasteiger partial charge in [-0.15, -0.1) is 10.2 Å². The monoisotopic (exact) mass is 315 g/mol. The molecule has 0 saturated carbocycles. The van der Waals surface area contributed by atoms with E-state index in [1.165, 1.54) is 0 Å². The van der Waals surface area contributed by atoms with E-state index < -0.39 is 0 Å². The molecule has 1 atom stereocenters. The second-order valence-electron chi connectivity index (χ2n) is 5.75. The summed E-state index contributed by atoms with van der Waals surface area (Å²) in [5.41, 5.74) is 0.905. The predicted octanol–water partition coefficient (Wildman–Crippen LogP) is 2.21. The van der Waals surface area contributed by atoms with Crippen molar-refractivity contribution >= 4 is 5.91 Å². The van der Waals surface area contributed by atoms with Gasteiger partial charge in [-0.3, -0.25) is 4.79 Å². The zero-order valence-corrected chi connectivity index (χ0v) is 13.0. The lowest BCUT2D eigenvalue weighted by Gasteiger charge is -2.08. The molecule has 23 heavy (non-hydrogen) atoms. The second-order valence-corrected chi connectivity index (χ2v) is 5.75. The summed E-state index contributed by atoms with van der Waals surface area (Å²) in [6.07, 6.45) is 2.81. The van der Waals surface area contributed by atoms with Crippen molar-refractivity contribution in [3.05, 3.63) is 36.2 Å². The number of carbonyl (C=O) groups is 1. The van der Waals surface area contributed by atoms with Crippen LogP contribution in [0.25, 0.3) is 11.5 Å². The maximum Gasteiger partial charge on any atom is 0.247 e. The largest absolute Gasteiger partial charge is 0.421 e. The van der Waals surface area contributed by atoms with Crippen molar-refractivity contribution in [2.75, 3.05) is 19.8 Å². The molecule has 1 aromatic carbocycles. The van der Waals surface area contributed by atoms with E-state index in [4.69, 9.17) is 9.15 Å². The zero-order chi connectivity index (χ0) is 15.9. The Morgan fingerprint density at radius 3 is 2.91 bits per heavy atom. The van der Waals surface area contributed by atoms with Gasteiger partial charge < -0.3 is 14.5 Å². The summed E-state index contributed by atoms with van der Waals surface area (Å²) in [5, 5.41) is 11.0. The van der Waals surface area contributed by atoms with Crippen LogP contribution in [0.1, 0.15) is 25.2 Å². The van der Waals surface area contributed by atoms with Crippen LogP contribution in [0, 0.1) is 5.92 Å². The van der Waals surface area contributed by atoms with Crippen LogP contribution in [-0.4, -0.2) is 35.9 Å². The van der Waals surface area contributed by atoms with Gasteiger partial charge in [-0.25, -0.2) is 0 Å². The molecule has 3 rings (SSSR count). The molecule has 6 heteroatoms. The predicted molar refractivity (Wildman–Crippen MR) is 84.6 cm³/mol. The third-order valence-electron chi connectivity index (χ3n) is 3.89. The Morgan fingerprint density at radius 2 is 2.13 bits per heavy atom. The number of amides is 1. The van der Waals surface area contributed by atoms with Crippen LogP contribution in [0.4, 0.5) is 0 Å². The van der Waals surface area contributed by atoms with Crippen molar-refractivity contribution in [1.29, 1.82) is 0 Å². The third-order valence-corrected chi connectivity index (χ3v) is 3.89. The average molecular weight is 315 g/mol. The standard InChI is InChI=1S/C17H21N3O3/c21-15(18-11-13-9-10-22-12-13)7-4-8-16-19-20-17(23-16)14-5-2-1-3-6-14/h1-3,5-6,13H,4,7-12H2,(H,18,21)/t13-/m1/s1. The minimum Gasteiger partial charge on any atom is -0.421 e. The van der Waals surface area contributed by atoms with Gasteiger partial charge >= 0.3 is 0 Å². The number of hydrogen-bond donors (Lipinski definition) is 1. The fourth-order valence-corrected chi connectivity index (χ4v) is 2.54. The van der Waals surface area contributed by atoms with Crippen molar-refractivity contribution in [3.63, 3.8) is 0 Å². The molecule has 0 bridgehead atoms. The third kappa shape index (κ3) is 4.63. The van der Waals surface area contributed by atoms with Crippen LogP contribution < -0.4 is 5.32 Å². The molecule has 122 valence electrons. The SMILES string of the molecule is O=C(CCCc1nnc(-c2ccccc2)o1)NC[C@H]1CCOC1. The minimum absolute atomic E-state index is 0.0692. The fourth-order valence-electron chi connectivity index (χ4n) is 2.54. The average Bonchev–Trinajstić information content (AvgIpc) is 3.26. The van der Waals surface area contributed by atoms with E-state index in [0.29, 0.717) is 43.5 Å². The number of nitrogens with one attached hydrogen (secondary N) is 1. The van der Waals surface area contributed by atoms with Gasteiger partial charge in [-0.2, -0.15) is 0 Å². The highest BCUT2D eigenvalue weighted by Crippen LogP contribution is 2.17. The lowest BCUT2D eigenvalue weighted by molar-refractivity contribution is -0.121. The highest BCUT2D eigenvalue weighted by atomic mass is 16.5. The summed E-state index contributed by atoms with van der Waals surface area (Å²) in [5.74, 6) is 1.62. The van der Waals surface area contributed by atoms with Crippen molar-refractivity contribution in [2.24, 2.45) is 5.92 Å². The molecule has 0 unspecified atom stereocenters. The molecule has 1 amide bonds. The van der Waals surface area contributed by atoms with Crippen LogP contribution in [0.3, 0.4) is 0 Å². The van der Waals surface area contributed by atoms with Gasteiger partial charge in [0, 0.05) is 37.5 Å². The van der Waals surface area contributed by atoms with E-state index in [-0.39, 0.29) is 5.91 Å². The Kier molecular flexibility index (Phi) is 5.37. The first-order valence-corrected chi connectivity index (χ1v) is 8.03. The Balaban J connectivity index is 1.39. The van der Waals surface area contributed by atoms with E-state index in [9.17, 15) is 4.79 Å². The Bertz CT molecular complexity index is 621. The van der Waals surface area contributed by atoms with Crippen LogP contribution in [0.2, 0.25) is 0 Å². The fraction of sp³-hybridized carbons (Fsp3) is 0.471. The van der Waals surface area contributed by atoms with Crippen LogP contribution in [0.5, 0.6) is 0 Å². The number of ether oxygens (including phenoxy) is 1. The summed E-state index contributed by atoms with van der Waals surface area (Å²) in [6.45, 7) is 2.27. The van der Waals surface area contributed by atoms with Crippen molar-refractivity contribution in [2.45, 2.75) is 25.7 Å². The number of hydrogen-bond acceptors (Lipinski definition) is 5. The lowest BCUT2D eigenvalue weighted by atomic mass is 10.1. The zero-order valence-electron chi connectivity index (χ0n) is 13.0. The summed E-state index contributed by atoms with van der Waals surface area (Å²) in [4.78, 5) is 11.8. The molecule has 2 heterocycles. The Hall–Kier alpha value is -2.21. The van der Waals surface area contributed by atoms with Crippen molar-refractivity contribution < 1.29 is 13.9 Å². The first kappa shape index (κ1) is 15.7. The summed E-state index contributed by atoms with van der Waals surface area (Å²) >= 11 is 0. The van der Waals surface area contributed by atoms with E-state index in [0.717, 1.165) is 25.2 Å². The Morgan fingerprint density at radius 1 is 1.26 bits per heavy atom.